The second-order valence-corrected chi connectivity index (χ2v) is 5.19. The largest absolute Gasteiger partial charge is 0.379 e. The predicted octanol–water partition coefficient (Wildman–Crippen LogP) is 2.14. The van der Waals surface area contributed by atoms with Crippen molar-refractivity contribution in [1.82, 2.24) is 14.5 Å². The molecule has 1 aliphatic heterocycles. The van der Waals surface area contributed by atoms with Crippen LogP contribution in [0.5, 0.6) is 0 Å². The van der Waals surface area contributed by atoms with Crippen molar-refractivity contribution in [2.75, 3.05) is 32.8 Å². The minimum Gasteiger partial charge on any atom is -0.379 e. The van der Waals surface area contributed by atoms with Crippen LogP contribution in [0.4, 0.5) is 0 Å². The van der Waals surface area contributed by atoms with Gasteiger partial charge in [0.2, 0.25) is 0 Å². The molecule has 0 N–H and O–H groups in total. The molecule has 4 heteroatoms. The number of nitrogens with zero attached hydrogens (tertiary/aromatic N) is 3. The molecule has 1 fully saturated rings. The summed E-state index contributed by atoms with van der Waals surface area (Å²) in [6.07, 6.45) is 7.95. The van der Waals surface area contributed by atoms with Gasteiger partial charge in [-0.2, -0.15) is 0 Å². The Labute approximate surface area is 120 Å². The van der Waals surface area contributed by atoms with Gasteiger partial charge >= 0.3 is 0 Å². The van der Waals surface area contributed by atoms with Crippen LogP contribution >= 0.6 is 0 Å². The zero-order chi connectivity index (χ0) is 13.6. The van der Waals surface area contributed by atoms with Crippen LogP contribution in [0.1, 0.15) is 12.0 Å². The van der Waals surface area contributed by atoms with E-state index in [0.29, 0.717) is 0 Å². The summed E-state index contributed by atoms with van der Waals surface area (Å²) in [4.78, 5) is 6.56. The van der Waals surface area contributed by atoms with Crippen LogP contribution in [0.3, 0.4) is 0 Å². The number of imidazole rings is 1. The molecule has 0 aliphatic carbocycles. The zero-order valence-corrected chi connectivity index (χ0v) is 11.7. The predicted molar refractivity (Wildman–Crippen MR) is 79.1 cm³/mol. The highest BCUT2D eigenvalue weighted by Crippen LogP contribution is 2.11. The molecule has 2 aromatic rings. The van der Waals surface area contributed by atoms with Gasteiger partial charge in [0.25, 0.3) is 0 Å². The zero-order valence-electron chi connectivity index (χ0n) is 11.7. The highest BCUT2D eigenvalue weighted by atomic mass is 16.5. The van der Waals surface area contributed by atoms with E-state index in [1.165, 1.54) is 24.2 Å². The van der Waals surface area contributed by atoms with E-state index in [2.05, 4.69) is 34.1 Å². The molecule has 0 spiro atoms. The Morgan fingerprint density at radius 1 is 1.10 bits per heavy atom. The molecule has 0 bridgehead atoms. The molecule has 4 nitrogen and oxygen atoms in total. The van der Waals surface area contributed by atoms with Crippen molar-refractivity contribution >= 4 is 0 Å². The van der Waals surface area contributed by atoms with E-state index in [1.54, 1.807) is 6.20 Å². The first kappa shape index (κ1) is 13.3. The van der Waals surface area contributed by atoms with Crippen molar-refractivity contribution in [2.45, 2.75) is 12.8 Å². The maximum absolute atomic E-state index is 5.36. The quantitative estimate of drug-likeness (QED) is 0.834. The Bertz CT molecular complexity index is 501. The molecule has 0 saturated carbocycles. The summed E-state index contributed by atoms with van der Waals surface area (Å²) in [5.41, 5.74) is 2.57. The van der Waals surface area contributed by atoms with Crippen LogP contribution < -0.4 is 0 Å². The van der Waals surface area contributed by atoms with Crippen molar-refractivity contribution in [3.63, 3.8) is 0 Å². The first-order valence-corrected chi connectivity index (χ1v) is 7.29. The fourth-order valence-electron chi connectivity index (χ4n) is 2.58. The van der Waals surface area contributed by atoms with Gasteiger partial charge in [-0.15, -0.1) is 0 Å². The number of benzene rings is 1. The van der Waals surface area contributed by atoms with Crippen molar-refractivity contribution in [3.05, 3.63) is 48.5 Å². The highest BCUT2D eigenvalue weighted by molar-refractivity contribution is 5.34. The topological polar surface area (TPSA) is 30.3 Å². The number of ether oxygens (including phenoxy) is 1. The summed E-state index contributed by atoms with van der Waals surface area (Å²) in [5, 5.41) is 0. The fourth-order valence-corrected chi connectivity index (χ4v) is 2.58. The second-order valence-electron chi connectivity index (χ2n) is 5.19. The Balaban J connectivity index is 1.48. The number of aryl methyl sites for hydroxylation is 1. The van der Waals surface area contributed by atoms with Gasteiger partial charge in [0.15, 0.2) is 0 Å². The molecule has 1 aromatic heterocycles. The maximum Gasteiger partial charge on any atom is 0.0991 e. The molecule has 0 atom stereocenters. The van der Waals surface area contributed by atoms with E-state index in [1.807, 2.05) is 17.1 Å². The molecule has 0 radical (unpaired) electrons. The maximum atomic E-state index is 5.36. The van der Waals surface area contributed by atoms with E-state index in [0.717, 1.165) is 32.7 Å². The number of aromatic nitrogens is 2. The standard InChI is InChI=1S/C16H21N3O/c1(8-18-10-12-20-13-11-18)2-15-3-5-16(6-4-15)19-9-7-17-14-19/h3-7,9,14H,1-2,8,10-13H2. The Hall–Kier alpha value is -1.65. The van der Waals surface area contributed by atoms with E-state index in [4.69, 9.17) is 4.74 Å². The molecule has 20 heavy (non-hydrogen) atoms. The number of hydrogen-bond donors (Lipinski definition) is 0. The third kappa shape index (κ3) is 3.46. The summed E-state index contributed by atoms with van der Waals surface area (Å²) < 4.78 is 7.39. The number of hydrogen-bond acceptors (Lipinski definition) is 3. The lowest BCUT2D eigenvalue weighted by molar-refractivity contribution is 0.0375. The molecule has 1 aromatic carbocycles. The highest BCUT2D eigenvalue weighted by Gasteiger charge is 2.09. The Morgan fingerprint density at radius 2 is 1.90 bits per heavy atom. The van der Waals surface area contributed by atoms with Gasteiger partial charge in [0, 0.05) is 31.2 Å². The van der Waals surface area contributed by atoms with Gasteiger partial charge in [-0.1, -0.05) is 12.1 Å². The lowest BCUT2D eigenvalue weighted by Gasteiger charge is -2.26. The van der Waals surface area contributed by atoms with Crippen molar-refractivity contribution < 1.29 is 4.74 Å². The summed E-state index contributed by atoms with van der Waals surface area (Å²) in [6.45, 7) is 5.12. The number of rotatable bonds is 5. The summed E-state index contributed by atoms with van der Waals surface area (Å²) in [7, 11) is 0. The van der Waals surface area contributed by atoms with Crippen LogP contribution in [0.2, 0.25) is 0 Å². The molecule has 3 rings (SSSR count). The molecule has 106 valence electrons. The average molecular weight is 271 g/mol. The van der Waals surface area contributed by atoms with Crippen LogP contribution in [-0.2, 0) is 11.2 Å². The molecule has 0 unspecified atom stereocenters. The first-order chi connectivity index (χ1) is 9.92. The van der Waals surface area contributed by atoms with Gasteiger partial charge < -0.3 is 9.30 Å². The molecule has 0 amide bonds. The molecule has 2 heterocycles. The van der Waals surface area contributed by atoms with Crippen LogP contribution in [0, 0.1) is 0 Å². The van der Waals surface area contributed by atoms with E-state index < -0.39 is 0 Å². The SMILES string of the molecule is c1cn(-c2ccc(CCCN3CCOCC3)cc2)cn1. The average Bonchev–Trinajstić information content (AvgIpc) is 3.03. The van der Waals surface area contributed by atoms with Crippen LogP contribution in [-0.4, -0.2) is 47.3 Å². The van der Waals surface area contributed by atoms with Gasteiger partial charge in [0.1, 0.15) is 0 Å². The van der Waals surface area contributed by atoms with Crippen molar-refractivity contribution in [3.8, 4) is 5.69 Å². The van der Waals surface area contributed by atoms with E-state index in [-0.39, 0.29) is 0 Å². The molecule has 1 saturated heterocycles. The summed E-state index contributed by atoms with van der Waals surface area (Å²) >= 11 is 0. The van der Waals surface area contributed by atoms with Gasteiger partial charge in [-0.25, -0.2) is 4.98 Å². The molecule has 1 aliphatic rings. The third-order valence-corrected chi connectivity index (χ3v) is 3.78. The minimum absolute atomic E-state index is 0.888. The Morgan fingerprint density at radius 3 is 2.60 bits per heavy atom. The molecular weight excluding hydrogens is 250 g/mol. The molecular formula is C16H21N3O. The smallest absolute Gasteiger partial charge is 0.0991 e. The lowest BCUT2D eigenvalue weighted by Crippen LogP contribution is -2.36. The summed E-state index contributed by atoms with van der Waals surface area (Å²) in [6, 6.07) is 8.75. The fraction of sp³-hybridized carbons (Fsp3) is 0.438. The summed E-state index contributed by atoms with van der Waals surface area (Å²) in [5.74, 6) is 0. The normalized spacial score (nSPS) is 16.4. The lowest BCUT2D eigenvalue weighted by atomic mass is 10.1. The van der Waals surface area contributed by atoms with Crippen molar-refractivity contribution in [2.24, 2.45) is 0 Å². The van der Waals surface area contributed by atoms with Crippen LogP contribution in [0.25, 0.3) is 5.69 Å². The number of morpholine rings is 1. The van der Waals surface area contributed by atoms with Crippen molar-refractivity contribution in [1.29, 1.82) is 0 Å². The third-order valence-electron chi connectivity index (χ3n) is 3.78. The second kappa shape index (κ2) is 6.68. The van der Waals surface area contributed by atoms with Crippen LogP contribution in [0.15, 0.2) is 43.0 Å². The van der Waals surface area contributed by atoms with Gasteiger partial charge in [-0.3, -0.25) is 4.90 Å². The van der Waals surface area contributed by atoms with E-state index in [9.17, 15) is 0 Å². The first-order valence-electron chi connectivity index (χ1n) is 7.29. The van der Waals surface area contributed by atoms with Gasteiger partial charge in [0.05, 0.1) is 19.5 Å². The minimum atomic E-state index is 0.888. The van der Waals surface area contributed by atoms with Gasteiger partial charge in [-0.05, 0) is 37.1 Å². The Kier molecular flexibility index (Phi) is 4.46. The monoisotopic (exact) mass is 271 g/mol. The van der Waals surface area contributed by atoms with E-state index >= 15 is 0 Å².